The smallest absolute Gasteiger partial charge is 0.276 e. The number of aromatic nitrogens is 3. The van der Waals surface area contributed by atoms with E-state index in [4.69, 9.17) is 4.74 Å². The molecule has 0 aliphatic heterocycles. The molecule has 0 atom stereocenters. The van der Waals surface area contributed by atoms with E-state index in [9.17, 15) is 4.79 Å². The Morgan fingerprint density at radius 1 is 1.17 bits per heavy atom. The number of rotatable bonds is 5. The number of carbonyl (C=O) groups is 1. The maximum Gasteiger partial charge on any atom is 0.276 e. The number of hydrogen-bond donors (Lipinski definition) is 1. The van der Waals surface area contributed by atoms with Gasteiger partial charge in [-0.3, -0.25) is 9.78 Å². The number of hydrogen-bond acceptors (Lipinski definition) is 4. The number of amides is 1. The first-order valence-electron chi connectivity index (χ1n) is 9.09. The molecule has 6 nitrogen and oxygen atoms in total. The van der Waals surface area contributed by atoms with E-state index in [0.717, 1.165) is 21.2 Å². The number of benzene rings is 2. The second-order valence-electron chi connectivity index (χ2n) is 6.73. The monoisotopic (exact) mass is 450 g/mol. The average molecular weight is 451 g/mol. The Morgan fingerprint density at radius 2 is 2.03 bits per heavy atom. The maximum atomic E-state index is 12.7. The van der Waals surface area contributed by atoms with Crippen LogP contribution in [-0.4, -0.2) is 20.7 Å². The van der Waals surface area contributed by atoms with Crippen LogP contribution in [0.2, 0.25) is 0 Å². The molecule has 7 heteroatoms. The fourth-order valence-corrected chi connectivity index (χ4v) is 3.53. The molecular formula is C22H19BrN4O2. The van der Waals surface area contributed by atoms with Gasteiger partial charge in [-0.25, -0.2) is 4.68 Å². The van der Waals surface area contributed by atoms with Gasteiger partial charge in [-0.05, 0) is 49.7 Å². The van der Waals surface area contributed by atoms with Crippen LogP contribution < -0.4 is 10.1 Å². The molecule has 0 aliphatic rings. The molecule has 0 saturated carbocycles. The number of nitrogens with zero attached hydrogens (tertiary/aromatic N) is 3. The summed E-state index contributed by atoms with van der Waals surface area (Å²) in [5.41, 5.74) is 3.90. The van der Waals surface area contributed by atoms with Crippen molar-refractivity contribution in [3.05, 3.63) is 82.2 Å². The molecule has 0 saturated heterocycles. The molecule has 1 N–H and O–H groups in total. The molecule has 29 heavy (non-hydrogen) atoms. The minimum atomic E-state index is -0.301. The zero-order valence-corrected chi connectivity index (χ0v) is 17.6. The van der Waals surface area contributed by atoms with Gasteiger partial charge < -0.3 is 10.1 Å². The molecule has 0 radical (unpaired) electrons. The van der Waals surface area contributed by atoms with Crippen LogP contribution in [0, 0.1) is 13.8 Å². The molecule has 1 amide bonds. The van der Waals surface area contributed by atoms with Gasteiger partial charge in [0.1, 0.15) is 5.75 Å². The zero-order valence-electron chi connectivity index (χ0n) is 16.0. The average Bonchev–Trinajstić information content (AvgIpc) is 3.19. The SMILES string of the molecule is Cc1ccc(OCn2ccc(C(=O)Nc3ccc(Br)c4cccnc34)n2)c(C)c1. The number of carbonyl (C=O) groups excluding carboxylic acids is 1. The largest absolute Gasteiger partial charge is 0.471 e. The molecule has 4 rings (SSSR count). The Labute approximate surface area is 176 Å². The lowest BCUT2D eigenvalue weighted by molar-refractivity contribution is 0.102. The standard InChI is InChI=1S/C22H19BrN4O2/c1-14-5-8-20(15(2)12-14)29-13-27-11-9-19(26-27)22(28)25-18-7-6-17(23)16-4-3-10-24-21(16)18/h3-12H,13H2,1-2H3,(H,25,28). The molecule has 4 aromatic rings. The van der Waals surface area contributed by atoms with Crippen LogP contribution >= 0.6 is 15.9 Å². The van der Waals surface area contributed by atoms with E-state index in [0.29, 0.717) is 16.9 Å². The summed E-state index contributed by atoms with van der Waals surface area (Å²) >= 11 is 3.51. The summed E-state index contributed by atoms with van der Waals surface area (Å²) in [7, 11) is 0. The molecule has 2 heterocycles. The first-order chi connectivity index (χ1) is 14.0. The molecule has 0 fully saturated rings. The van der Waals surface area contributed by atoms with Crippen LogP contribution in [0.1, 0.15) is 21.6 Å². The molecular weight excluding hydrogens is 432 g/mol. The summed E-state index contributed by atoms with van der Waals surface area (Å²) in [4.78, 5) is 17.0. The van der Waals surface area contributed by atoms with Gasteiger partial charge in [0.25, 0.3) is 5.91 Å². The van der Waals surface area contributed by atoms with Gasteiger partial charge in [-0.15, -0.1) is 0 Å². The van der Waals surface area contributed by atoms with Crippen molar-refractivity contribution in [3.8, 4) is 5.75 Å². The topological polar surface area (TPSA) is 69.0 Å². The van der Waals surface area contributed by atoms with Gasteiger partial charge in [0, 0.05) is 22.3 Å². The van der Waals surface area contributed by atoms with Gasteiger partial charge in [-0.2, -0.15) is 5.10 Å². The number of aryl methyl sites for hydroxylation is 2. The zero-order chi connectivity index (χ0) is 20.4. The predicted molar refractivity (Wildman–Crippen MR) is 116 cm³/mol. The van der Waals surface area contributed by atoms with Crippen LogP contribution in [-0.2, 0) is 6.73 Å². The Hall–Kier alpha value is -3.19. The quantitative estimate of drug-likeness (QED) is 0.459. The lowest BCUT2D eigenvalue weighted by Gasteiger charge is -2.10. The maximum absolute atomic E-state index is 12.7. The number of anilines is 1. The Kier molecular flexibility index (Phi) is 5.31. The number of halogens is 1. The van der Waals surface area contributed by atoms with Gasteiger partial charge in [-0.1, -0.05) is 39.7 Å². The van der Waals surface area contributed by atoms with E-state index in [1.165, 1.54) is 5.56 Å². The minimum Gasteiger partial charge on any atom is -0.471 e. The highest BCUT2D eigenvalue weighted by Gasteiger charge is 2.13. The second-order valence-corrected chi connectivity index (χ2v) is 7.59. The van der Waals surface area contributed by atoms with Crippen LogP contribution in [0.3, 0.4) is 0 Å². The predicted octanol–water partition coefficient (Wildman–Crippen LogP) is 5.10. The third-order valence-electron chi connectivity index (χ3n) is 4.52. The molecule has 0 unspecified atom stereocenters. The van der Waals surface area contributed by atoms with Crippen molar-refractivity contribution >= 4 is 38.4 Å². The van der Waals surface area contributed by atoms with Crippen molar-refractivity contribution in [2.75, 3.05) is 5.32 Å². The molecule has 2 aromatic carbocycles. The summed E-state index contributed by atoms with van der Waals surface area (Å²) in [6.45, 7) is 4.26. The highest BCUT2D eigenvalue weighted by molar-refractivity contribution is 9.10. The fourth-order valence-electron chi connectivity index (χ4n) is 3.08. The number of fused-ring (bicyclic) bond motifs is 1. The highest BCUT2D eigenvalue weighted by Crippen LogP contribution is 2.28. The third-order valence-corrected chi connectivity index (χ3v) is 5.21. The first kappa shape index (κ1) is 19.1. The van der Waals surface area contributed by atoms with E-state index < -0.39 is 0 Å². The van der Waals surface area contributed by atoms with Crippen LogP contribution in [0.15, 0.2) is 65.4 Å². The summed E-state index contributed by atoms with van der Waals surface area (Å²) < 4.78 is 8.33. The van der Waals surface area contributed by atoms with Crippen LogP contribution in [0.5, 0.6) is 5.75 Å². The number of nitrogens with one attached hydrogen (secondary N) is 1. The normalized spacial score (nSPS) is 10.9. The lowest BCUT2D eigenvalue weighted by atomic mass is 10.1. The second kappa shape index (κ2) is 8.05. The molecule has 0 bridgehead atoms. The molecule has 0 aliphatic carbocycles. The van der Waals surface area contributed by atoms with Gasteiger partial charge in [0.05, 0.1) is 11.2 Å². The third kappa shape index (κ3) is 4.14. The van der Waals surface area contributed by atoms with Crippen molar-refractivity contribution in [3.63, 3.8) is 0 Å². The Bertz CT molecular complexity index is 1200. The first-order valence-corrected chi connectivity index (χ1v) is 9.88. The summed E-state index contributed by atoms with van der Waals surface area (Å²) in [5, 5.41) is 8.14. The van der Waals surface area contributed by atoms with Crippen molar-refractivity contribution in [1.82, 2.24) is 14.8 Å². The van der Waals surface area contributed by atoms with E-state index >= 15 is 0 Å². The van der Waals surface area contributed by atoms with Crippen molar-refractivity contribution in [2.45, 2.75) is 20.6 Å². The molecule has 146 valence electrons. The Morgan fingerprint density at radius 3 is 2.86 bits per heavy atom. The number of pyridine rings is 1. The van der Waals surface area contributed by atoms with Crippen molar-refractivity contribution < 1.29 is 9.53 Å². The summed E-state index contributed by atoms with van der Waals surface area (Å²) in [6, 6.07) is 15.2. The molecule has 2 aromatic heterocycles. The highest BCUT2D eigenvalue weighted by atomic mass is 79.9. The van der Waals surface area contributed by atoms with Gasteiger partial charge in [0.2, 0.25) is 0 Å². The van der Waals surface area contributed by atoms with E-state index in [2.05, 4.69) is 37.4 Å². The van der Waals surface area contributed by atoms with Crippen LogP contribution in [0.4, 0.5) is 5.69 Å². The van der Waals surface area contributed by atoms with E-state index in [1.54, 1.807) is 23.1 Å². The van der Waals surface area contributed by atoms with Crippen molar-refractivity contribution in [1.29, 1.82) is 0 Å². The van der Waals surface area contributed by atoms with E-state index in [-0.39, 0.29) is 12.6 Å². The van der Waals surface area contributed by atoms with Gasteiger partial charge in [0.15, 0.2) is 12.4 Å². The minimum absolute atomic E-state index is 0.222. The lowest BCUT2D eigenvalue weighted by Crippen LogP contribution is -2.14. The van der Waals surface area contributed by atoms with Crippen molar-refractivity contribution in [2.24, 2.45) is 0 Å². The summed E-state index contributed by atoms with van der Waals surface area (Å²) in [6.07, 6.45) is 3.42. The van der Waals surface area contributed by atoms with Gasteiger partial charge >= 0.3 is 0 Å². The van der Waals surface area contributed by atoms with Crippen LogP contribution in [0.25, 0.3) is 10.9 Å². The number of ether oxygens (including phenoxy) is 1. The fraction of sp³-hybridized carbons (Fsp3) is 0.136. The molecule has 0 spiro atoms. The van der Waals surface area contributed by atoms with E-state index in [1.807, 2.05) is 50.2 Å². The summed E-state index contributed by atoms with van der Waals surface area (Å²) in [5.74, 6) is 0.494. The Balaban J connectivity index is 1.47.